The molecule has 0 aromatic carbocycles. The lowest BCUT2D eigenvalue weighted by Gasteiger charge is -2.38. The molecule has 4 unspecified atom stereocenters. The van der Waals surface area contributed by atoms with Gasteiger partial charge in [-0.15, -0.1) is 0 Å². The van der Waals surface area contributed by atoms with Crippen LogP contribution in [0.4, 0.5) is 4.79 Å². The second-order valence-electron chi connectivity index (χ2n) is 6.83. The van der Waals surface area contributed by atoms with Gasteiger partial charge in [0.15, 0.2) is 0 Å². The van der Waals surface area contributed by atoms with E-state index in [0.29, 0.717) is 19.1 Å². The van der Waals surface area contributed by atoms with E-state index in [0.717, 1.165) is 23.7 Å². The van der Waals surface area contributed by atoms with E-state index < -0.39 is 5.97 Å². The minimum absolute atomic E-state index is 0.0282. The molecule has 3 saturated carbocycles. The summed E-state index contributed by atoms with van der Waals surface area (Å²) >= 11 is 0. The zero-order chi connectivity index (χ0) is 13.1. The Hall–Kier alpha value is -1.26. The molecular formula is C14H20N2O3. The number of hydrogen-bond acceptors (Lipinski definition) is 2. The third-order valence-electron chi connectivity index (χ3n) is 5.73. The number of nitrogens with zero attached hydrogens (tertiary/aromatic N) is 1. The first-order chi connectivity index (χ1) is 9.13. The first kappa shape index (κ1) is 11.6. The van der Waals surface area contributed by atoms with E-state index in [1.54, 1.807) is 4.90 Å². The van der Waals surface area contributed by atoms with Crippen LogP contribution >= 0.6 is 0 Å². The van der Waals surface area contributed by atoms with Gasteiger partial charge in [0.05, 0.1) is 6.42 Å². The van der Waals surface area contributed by atoms with Crippen molar-refractivity contribution in [3.8, 4) is 0 Å². The van der Waals surface area contributed by atoms with Crippen molar-refractivity contribution in [1.82, 2.24) is 10.2 Å². The normalized spacial score (nSPS) is 42.7. The van der Waals surface area contributed by atoms with Crippen molar-refractivity contribution in [3.05, 3.63) is 0 Å². The van der Waals surface area contributed by atoms with Gasteiger partial charge in [0.25, 0.3) is 0 Å². The summed E-state index contributed by atoms with van der Waals surface area (Å²) in [6.07, 6.45) is 4.31. The zero-order valence-electron chi connectivity index (χ0n) is 10.9. The highest BCUT2D eigenvalue weighted by Gasteiger charge is 2.65. The SMILES string of the molecule is O=C(O)CC1CN(C(=O)NC2C3C4CCC(C4)C23)C1. The maximum atomic E-state index is 12.0. The van der Waals surface area contributed by atoms with Crippen LogP contribution in [0.1, 0.15) is 25.7 Å². The Morgan fingerprint density at radius 2 is 1.79 bits per heavy atom. The summed E-state index contributed by atoms with van der Waals surface area (Å²) in [5.41, 5.74) is 0. The molecule has 2 N–H and O–H groups in total. The Balaban J connectivity index is 1.25. The van der Waals surface area contributed by atoms with Gasteiger partial charge in [-0.25, -0.2) is 4.79 Å². The molecule has 2 bridgehead atoms. The van der Waals surface area contributed by atoms with Gasteiger partial charge in [-0.1, -0.05) is 0 Å². The molecule has 1 saturated heterocycles. The average Bonchev–Trinajstić information content (AvgIpc) is 2.70. The summed E-state index contributed by atoms with van der Waals surface area (Å²) in [7, 11) is 0. The fourth-order valence-corrected chi connectivity index (χ4v) is 4.86. The van der Waals surface area contributed by atoms with Crippen molar-refractivity contribution in [2.45, 2.75) is 31.7 Å². The Bertz CT molecular complexity index is 416. The largest absolute Gasteiger partial charge is 0.481 e. The van der Waals surface area contributed by atoms with Crippen LogP contribution < -0.4 is 5.32 Å². The van der Waals surface area contributed by atoms with Crippen LogP contribution in [0.15, 0.2) is 0 Å². The number of carbonyl (C=O) groups is 2. The van der Waals surface area contributed by atoms with Crippen LogP contribution in [0.3, 0.4) is 0 Å². The smallest absolute Gasteiger partial charge is 0.317 e. The second kappa shape index (κ2) is 3.87. The standard InChI is InChI=1S/C14H20N2O3/c17-10(18)3-7-5-16(6-7)14(19)15-13-11-8-1-2-9(4-8)12(11)13/h7-9,11-13H,1-6H2,(H,15,19)(H,17,18). The Labute approximate surface area is 112 Å². The van der Waals surface area contributed by atoms with Crippen LogP contribution in [0, 0.1) is 29.6 Å². The molecule has 104 valence electrons. The van der Waals surface area contributed by atoms with Crippen molar-refractivity contribution in [2.75, 3.05) is 13.1 Å². The van der Waals surface area contributed by atoms with Crippen LogP contribution in [0.25, 0.3) is 0 Å². The van der Waals surface area contributed by atoms with E-state index in [9.17, 15) is 9.59 Å². The number of aliphatic carboxylic acids is 1. The summed E-state index contributed by atoms with van der Waals surface area (Å²) in [4.78, 5) is 24.4. The molecule has 5 nitrogen and oxygen atoms in total. The van der Waals surface area contributed by atoms with Crippen molar-refractivity contribution >= 4 is 12.0 Å². The first-order valence-corrected chi connectivity index (χ1v) is 7.40. The zero-order valence-corrected chi connectivity index (χ0v) is 10.9. The average molecular weight is 264 g/mol. The number of nitrogens with one attached hydrogen (secondary N) is 1. The van der Waals surface area contributed by atoms with Gasteiger partial charge in [0.2, 0.25) is 0 Å². The lowest BCUT2D eigenvalue weighted by atomic mass is 9.97. The number of hydrogen-bond donors (Lipinski definition) is 2. The molecule has 4 aliphatic rings. The van der Waals surface area contributed by atoms with Crippen molar-refractivity contribution in [1.29, 1.82) is 0 Å². The highest BCUT2D eigenvalue weighted by molar-refractivity contribution is 5.76. The van der Waals surface area contributed by atoms with Gasteiger partial charge in [-0.2, -0.15) is 0 Å². The van der Waals surface area contributed by atoms with E-state index in [1.165, 1.54) is 19.3 Å². The Kier molecular flexibility index (Phi) is 2.35. The maximum Gasteiger partial charge on any atom is 0.317 e. The molecule has 19 heavy (non-hydrogen) atoms. The number of likely N-dealkylation sites (tertiary alicyclic amines) is 1. The minimum Gasteiger partial charge on any atom is -0.481 e. The topological polar surface area (TPSA) is 69.6 Å². The number of carbonyl (C=O) groups excluding carboxylic acids is 1. The van der Waals surface area contributed by atoms with Crippen molar-refractivity contribution in [3.63, 3.8) is 0 Å². The highest BCUT2D eigenvalue weighted by atomic mass is 16.4. The first-order valence-electron chi connectivity index (χ1n) is 7.40. The van der Waals surface area contributed by atoms with Crippen LogP contribution in [0.5, 0.6) is 0 Å². The molecule has 1 aliphatic heterocycles. The number of rotatable bonds is 3. The van der Waals surface area contributed by atoms with E-state index in [1.807, 2.05) is 0 Å². The fourth-order valence-electron chi connectivity index (χ4n) is 4.86. The number of fused-ring (bicyclic) bond motifs is 5. The molecule has 4 rings (SSSR count). The monoisotopic (exact) mass is 264 g/mol. The molecule has 5 heteroatoms. The predicted molar refractivity (Wildman–Crippen MR) is 67.4 cm³/mol. The van der Waals surface area contributed by atoms with Crippen LogP contribution in [-0.4, -0.2) is 41.1 Å². The number of carboxylic acids is 1. The molecule has 0 spiro atoms. The van der Waals surface area contributed by atoms with Gasteiger partial charge in [-0.05, 0) is 42.9 Å². The summed E-state index contributed by atoms with van der Waals surface area (Å²) in [5, 5.41) is 11.9. The number of amides is 2. The third kappa shape index (κ3) is 1.74. The second-order valence-corrected chi connectivity index (χ2v) is 6.83. The number of urea groups is 1. The summed E-state index contributed by atoms with van der Waals surface area (Å²) < 4.78 is 0. The van der Waals surface area contributed by atoms with Gasteiger partial charge >= 0.3 is 12.0 Å². The van der Waals surface area contributed by atoms with E-state index in [2.05, 4.69) is 5.32 Å². The van der Waals surface area contributed by atoms with Gasteiger partial charge in [0, 0.05) is 25.0 Å². The van der Waals surface area contributed by atoms with Crippen LogP contribution in [-0.2, 0) is 4.79 Å². The molecule has 2 amide bonds. The molecule has 0 radical (unpaired) electrons. The Morgan fingerprint density at radius 3 is 2.37 bits per heavy atom. The summed E-state index contributed by atoms with van der Waals surface area (Å²) in [6, 6.07) is 0.456. The van der Waals surface area contributed by atoms with E-state index in [-0.39, 0.29) is 18.4 Å². The number of carboxylic acid groups (broad SMARTS) is 1. The van der Waals surface area contributed by atoms with E-state index >= 15 is 0 Å². The van der Waals surface area contributed by atoms with Gasteiger partial charge in [-0.3, -0.25) is 4.79 Å². The molecule has 0 aromatic rings. The minimum atomic E-state index is -0.765. The maximum absolute atomic E-state index is 12.0. The van der Waals surface area contributed by atoms with Gasteiger partial charge in [0.1, 0.15) is 0 Å². The third-order valence-corrected chi connectivity index (χ3v) is 5.73. The summed E-state index contributed by atoms with van der Waals surface area (Å²) in [6.45, 7) is 1.21. The summed E-state index contributed by atoms with van der Waals surface area (Å²) in [5.74, 6) is 2.65. The fraction of sp³-hybridized carbons (Fsp3) is 0.857. The van der Waals surface area contributed by atoms with Crippen molar-refractivity contribution < 1.29 is 14.7 Å². The van der Waals surface area contributed by atoms with E-state index in [4.69, 9.17) is 5.11 Å². The molecule has 3 aliphatic carbocycles. The Morgan fingerprint density at radius 1 is 1.16 bits per heavy atom. The molecule has 4 fully saturated rings. The molecule has 0 aromatic heterocycles. The van der Waals surface area contributed by atoms with Crippen molar-refractivity contribution in [2.24, 2.45) is 29.6 Å². The lowest BCUT2D eigenvalue weighted by molar-refractivity contribution is -0.139. The molecule has 1 heterocycles. The highest BCUT2D eigenvalue weighted by Crippen LogP contribution is 2.65. The van der Waals surface area contributed by atoms with Crippen LogP contribution in [0.2, 0.25) is 0 Å². The van der Waals surface area contributed by atoms with Gasteiger partial charge < -0.3 is 15.3 Å². The molecular weight excluding hydrogens is 244 g/mol. The molecule has 4 atom stereocenters. The quantitative estimate of drug-likeness (QED) is 0.803. The predicted octanol–water partition coefficient (Wildman–Crippen LogP) is 1.15. The lowest BCUT2D eigenvalue weighted by Crippen LogP contribution is -2.55.